The minimum Gasteiger partial charge on any atom is -0.488 e. The van der Waals surface area contributed by atoms with Gasteiger partial charge in [-0.3, -0.25) is 0 Å². The van der Waals surface area contributed by atoms with E-state index in [1.165, 1.54) is 6.07 Å². The maximum absolute atomic E-state index is 13.4. The molecule has 0 atom stereocenters. The third kappa shape index (κ3) is 3.12. The van der Waals surface area contributed by atoms with Crippen LogP contribution >= 0.6 is 0 Å². The Labute approximate surface area is 95.4 Å². The van der Waals surface area contributed by atoms with Crippen LogP contribution < -0.4 is 9.47 Å². The molecule has 3 heteroatoms. The molecule has 0 radical (unpaired) electrons. The number of halogens is 1. The van der Waals surface area contributed by atoms with Crippen LogP contribution in [0, 0.1) is 5.82 Å². The van der Waals surface area contributed by atoms with Crippen molar-refractivity contribution in [1.82, 2.24) is 0 Å². The van der Waals surface area contributed by atoms with E-state index in [9.17, 15) is 4.39 Å². The highest BCUT2D eigenvalue weighted by Crippen LogP contribution is 2.31. The van der Waals surface area contributed by atoms with Gasteiger partial charge in [0.05, 0.1) is 6.10 Å². The van der Waals surface area contributed by atoms with Gasteiger partial charge in [0, 0.05) is 6.07 Å². The summed E-state index contributed by atoms with van der Waals surface area (Å²) in [5.41, 5.74) is -0.283. The van der Waals surface area contributed by atoms with Gasteiger partial charge in [-0.25, -0.2) is 4.39 Å². The fourth-order valence-electron chi connectivity index (χ4n) is 1.36. The predicted octanol–water partition coefficient (Wildman–Crippen LogP) is 3.54. The van der Waals surface area contributed by atoms with Gasteiger partial charge in [-0.05, 0) is 45.7 Å². The number of hydrogen-bond acceptors (Lipinski definition) is 2. The zero-order valence-electron chi connectivity index (χ0n) is 9.92. The fraction of sp³-hybridized carbons (Fsp3) is 0.538. The van der Waals surface area contributed by atoms with Crippen molar-refractivity contribution in [2.24, 2.45) is 0 Å². The van der Waals surface area contributed by atoms with Crippen LogP contribution in [0.5, 0.6) is 11.5 Å². The van der Waals surface area contributed by atoms with E-state index in [1.807, 2.05) is 20.8 Å². The van der Waals surface area contributed by atoms with Gasteiger partial charge < -0.3 is 9.47 Å². The highest BCUT2D eigenvalue weighted by atomic mass is 19.1. The monoisotopic (exact) mass is 224 g/mol. The Kier molecular flexibility index (Phi) is 2.78. The van der Waals surface area contributed by atoms with Crippen LogP contribution in [-0.4, -0.2) is 11.7 Å². The summed E-state index contributed by atoms with van der Waals surface area (Å²) >= 11 is 0. The molecule has 16 heavy (non-hydrogen) atoms. The van der Waals surface area contributed by atoms with Crippen LogP contribution in [0.25, 0.3) is 0 Å². The minimum atomic E-state index is -0.326. The van der Waals surface area contributed by atoms with Gasteiger partial charge in [0.25, 0.3) is 0 Å². The van der Waals surface area contributed by atoms with Crippen molar-refractivity contribution < 1.29 is 13.9 Å². The molecular formula is C13H17FO2. The topological polar surface area (TPSA) is 18.5 Å². The number of benzene rings is 1. The van der Waals surface area contributed by atoms with Gasteiger partial charge in [0.1, 0.15) is 11.4 Å². The quantitative estimate of drug-likeness (QED) is 0.781. The molecule has 0 aliphatic heterocycles. The first-order valence-electron chi connectivity index (χ1n) is 5.59. The molecule has 1 aromatic rings. The van der Waals surface area contributed by atoms with Crippen molar-refractivity contribution in [1.29, 1.82) is 0 Å². The lowest BCUT2D eigenvalue weighted by Crippen LogP contribution is -2.22. The van der Waals surface area contributed by atoms with Crippen LogP contribution in [0.4, 0.5) is 4.39 Å². The Balaban J connectivity index is 2.14. The fourth-order valence-corrected chi connectivity index (χ4v) is 1.36. The summed E-state index contributed by atoms with van der Waals surface area (Å²) < 4.78 is 24.5. The number of ether oxygens (including phenoxy) is 2. The van der Waals surface area contributed by atoms with Gasteiger partial charge in [0.15, 0.2) is 11.6 Å². The summed E-state index contributed by atoms with van der Waals surface area (Å²) in [5, 5.41) is 0. The summed E-state index contributed by atoms with van der Waals surface area (Å²) in [4.78, 5) is 0. The molecule has 0 unspecified atom stereocenters. The molecular weight excluding hydrogens is 207 g/mol. The molecule has 1 saturated carbocycles. The first-order valence-corrected chi connectivity index (χ1v) is 5.59. The zero-order valence-corrected chi connectivity index (χ0v) is 9.92. The predicted molar refractivity (Wildman–Crippen MR) is 60.4 cm³/mol. The molecule has 2 nitrogen and oxygen atoms in total. The van der Waals surface area contributed by atoms with Crippen molar-refractivity contribution in [3.05, 3.63) is 24.0 Å². The molecule has 0 bridgehead atoms. The van der Waals surface area contributed by atoms with E-state index < -0.39 is 0 Å². The van der Waals surface area contributed by atoms with Crippen LogP contribution in [0.15, 0.2) is 18.2 Å². The Hall–Kier alpha value is -1.25. The smallest absolute Gasteiger partial charge is 0.165 e. The van der Waals surface area contributed by atoms with Crippen LogP contribution in [0.3, 0.4) is 0 Å². The lowest BCUT2D eigenvalue weighted by atomic mass is 10.2. The average molecular weight is 224 g/mol. The summed E-state index contributed by atoms with van der Waals surface area (Å²) in [7, 11) is 0. The highest BCUT2D eigenvalue weighted by molar-refractivity contribution is 5.35. The van der Waals surface area contributed by atoms with Crippen molar-refractivity contribution in [3.63, 3.8) is 0 Å². The molecule has 0 saturated heterocycles. The molecule has 88 valence electrons. The summed E-state index contributed by atoms with van der Waals surface area (Å²) in [6.45, 7) is 5.87. The van der Waals surface area contributed by atoms with Crippen LogP contribution in [0.2, 0.25) is 0 Å². The average Bonchev–Trinajstić information content (AvgIpc) is 2.92. The van der Waals surface area contributed by atoms with Crippen molar-refractivity contribution >= 4 is 0 Å². The normalized spacial score (nSPS) is 16.0. The number of rotatable bonds is 3. The summed E-state index contributed by atoms with van der Waals surface area (Å²) in [6, 6.07) is 4.64. The lowest BCUT2D eigenvalue weighted by molar-refractivity contribution is 0.130. The first-order chi connectivity index (χ1) is 7.44. The highest BCUT2D eigenvalue weighted by Gasteiger charge is 2.25. The van der Waals surface area contributed by atoms with E-state index in [-0.39, 0.29) is 17.5 Å². The van der Waals surface area contributed by atoms with Crippen molar-refractivity contribution in [3.8, 4) is 11.5 Å². The van der Waals surface area contributed by atoms with E-state index in [0.29, 0.717) is 11.5 Å². The van der Waals surface area contributed by atoms with Gasteiger partial charge in [-0.2, -0.15) is 0 Å². The van der Waals surface area contributed by atoms with Crippen molar-refractivity contribution in [2.45, 2.75) is 45.3 Å². The second-order valence-electron chi connectivity index (χ2n) is 5.12. The Morgan fingerprint density at radius 2 is 1.94 bits per heavy atom. The third-order valence-corrected chi connectivity index (χ3v) is 2.14. The Bertz CT molecular complexity index is 378. The molecule has 0 amide bonds. The first kappa shape index (κ1) is 11.2. The van der Waals surface area contributed by atoms with E-state index in [0.717, 1.165) is 12.8 Å². The molecule has 1 aliphatic carbocycles. The molecule has 0 heterocycles. The summed E-state index contributed by atoms with van der Waals surface area (Å²) in [5.74, 6) is 0.613. The second kappa shape index (κ2) is 3.96. The van der Waals surface area contributed by atoms with Crippen LogP contribution in [0.1, 0.15) is 33.6 Å². The Morgan fingerprint density at radius 1 is 1.25 bits per heavy atom. The molecule has 0 spiro atoms. The van der Waals surface area contributed by atoms with E-state index in [2.05, 4.69) is 0 Å². The third-order valence-electron chi connectivity index (χ3n) is 2.14. The molecule has 0 aromatic heterocycles. The molecule has 2 rings (SSSR count). The summed E-state index contributed by atoms with van der Waals surface area (Å²) in [6.07, 6.45) is 2.23. The van der Waals surface area contributed by atoms with E-state index in [4.69, 9.17) is 9.47 Å². The lowest BCUT2D eigenvalue weighted by Gasteiger charge is -2.21. The van der Waals surface area contributed by atoms with E-state index >= 15 is 0 Å². The molecule has 1 aromatic carbocycles. The molecule has 1 aliphatic rings. The van der Waals surface area contributed by atoms with Crippen molar-refractivity contribution in [2.75, 3.05) is 0 Å². The van der Waals surface area contributed by atoms with Gasteiger partial charge in [-0.1, -0.05) is 0 Å². The van der Waals surface area contributed by atoms with Gasteiger partial charge in [-0.15, -0.1) is 0 Å². The molecule has 1 fully saturated rings. The zero-order chi connectivity index (χ0) is 11.8. The Morgan fingerprint density at radius 3 is 2.50 bits per heavy atom. The maximum Gasteiger partial charge on any atom is 0.165 e. The van der Waals surface area contributed by atoms with Gasteiger partial charge in [0.2, 0.25) is 0 Å². The largest absolute Gasteiger partial charge is 0.488 e. The van der Waals surface area contributed by atoms with Gasteiger partial charge >= 0.3 is 0 Å². The SMILES string of the molecule is CC(C)(C)Oc1ccc(F)c(OC2CC2)c1. The minimum absolute atomic E-state index is 0.194. The van der Waals surface area contributed by atoms with E-state index in [1.54, 1.807) is 12.1 Å². The standard InChI is InChI=1S/C13H17FO2/c1-13(2,3)16-10-6-7-11(14)12(8-10)15-9-4-5-9/h6-9H,4-5H2,1-3H3. The second-order valence-corrected chi connectivity index (χ2v) is 5.12. The number of hydrogen-bond donors (Lipinski definition) is 0. The molecule has 0 N–H and O–H groups in total. The van der Waals surface area contributed by atoms with Crippen LogP contribution in [-0.2, 0) is 0 Å². The maximum atomic E-state index is 13.4.